The normalized spacial score (nSPS) is 12.8. The zero-order valence-corrected chi connectivity index (χ0v) is 19.8. The minimum absolute atomic E-state index is 0.0835. The van der Waals surface area contributed by atoms with Crippen molar-refractivity contribution >= 4 is 29.2 Å². The van der Waals surface area contributed by atoms with Gasteiger partial charge >= 0.3 is 0 Å². The lowest BCUT2D eigenvalue weighted by atomic mass is 9.79. The first kappa shape index (κ1) is 23.5. The molecule has 1 aromatic heterocycles. The van der Waals surface area contributed by atoms with Crippen molar-refractivity contribution in [2.75, 3.05) is 0 Å². The highest BCUT2D eigenvalue weighted by atomic mass is 32.1. The summed E-state index contributed by atoms with van der Waals surface area (Å²) in [5.41, 5.74) is 2.78. The quantitative estimate of drug-likeness (QED) is 0.436. The Kier molecular flexibility index (Phi) is 7.65. The molecule has 32 heavy (non-hydrogen) atoms. The summed E-state index contributed by atoms with van der Waals surface area (Å²) in [6, 6.07) is 21.4. The van der Waals surface area contributed by atoms with E-state index in [4.69, 9.17) is 0 Å². The molecule has 0 aliphatic heterocycles. The molecule has 0 aliphatic carbocycles. The number of nitrogens with one attached hydrogen (secondary N) is 2. The molecule has 1 heterocycles. The van der Waals surface area contributed by atoms with E-state index >= 15 is 0 Å². The molecule has 4 nitrogen and oxygen atoms in total. The van der Waals surface area contributed by atoms with Gasteiger partial charge < -0.3 is 10.6 Å². The Bertz CT molecular complexity index is 1090. The Labute approximate surface area is 194 Å². The molecule has 0 aliphatic rings. The molecule has 2 aromatic carbocycles. The molecule has 2 N–H and O–H groups in total. The molecule has 0 saturated heterocycles. The zero-order valence-electron chi connectivity index (χ0n) is 19.0. The second kappa shape index (κ2) is 10.4. The maximum atomic E-state index is 13.2. The van der Waals surface area contributed by atoms with Crippen LogP contribution in [0.25, 0.3) is 6.08 Å². The summed E-state index contributed by atoms with van der Waals surface area (Å²) in [6.45, 7) is 8.22. The Balaban J connectivity index is 1.75. The Morgan fingerprint density at radius 3 is 2.34 bits per heavy atom. The van der Waals surface area contributed by atoms with Gasteiger partial charge in [0.15, 0.2) is 0 Å². The van der Waals surface area contributed by atoms with Crippen molar-refractivity contribution in [2.45, 2.75) is 45.6 Å². The van der Waals surface area contributed by atoms with Crippen LogP contribution in [0, 0.1) is 6.92 Å². The Morgan fingerprint density at radius 2 is 1.69 bits per heavy atom. The monoisotopic (exact) mass is 446 g/mol. The average Bonchev–Trinajstić information content (AvgIpc) is 3.27. The number of rotatable bonds is 8. The van der Waals surface area contributed by atoms with E-state index in [-0.39, 0.29) is 29.0 Å². The van der Waals surface area contributed by atoms with Crippen molar-refractivity contribution in [2.24, 2.45) is 0 Å². The van der Waals surface area contributed by atoms with Crippen LogP contribution in [0.1, 0.15) is 53.6 Å². The van der Waals surface area contributed by atoms with Crippen LogP contribution < -0.4 is 10.6 Å². The highest BCUT2D eigenvalue weighted by Gasteiger charge is 2.25. The summed E-state index contributed by atoms with van der Waals surface area (Å²) < 4.78 is 0. The van der Waals surface area contributed by atoms with E-state index < -0.39 is 0 Å². The van der Waals surface area contributed by atoms with Gasteiger partial charge in [0.25, 0.3) is 11.8 Å². The number of hydrogen-bond acceptors (Lipinski definition) is 3. The van der Waals surface area contributed by atoms with Crippen LogP contribution in [0.2, 0.25) is 0 Å². The molecule has 0 radical (unpaired) electrons. The fourth-order valence-corrected chi connectivity index (χ4v) is 4.47. The van der Waals surface area contributed by atoms with Crippen molar-refractivity contribution in [1.29, 1.82) is 0 Å². The first-order valence-corrected chi connectivity index (χ1v) is 11.6. The highest BCUT2D eigenvalue weighted by Crippen LogP contribution is 2.28. The largest absolute Gasteiger partial charge is 0.348 e. The summed E-state index contributed by atoms with van der Waals surface area (Å²) in [7, 11) is 0. The van der Waals surface area contributed by atoms with Crippen LogP contribution in [0.15, 0.2) is 77.8 Å². The maximum Gasteiger partial charge on any atom is 0.268 e. The third kappa shape index (κ3) is 6.17. The second-order valence-corrected chi connectivity index (χ2v) is 9.65. The SMILES string of the molecule is Cc1ccccc1C(=O)N/C(=C\c1cccs1)C(=O)NC(C)CC(C)(C)c1ccccc1. The van der Waals surface area contributed by atoms with Crippen molar-refractivity contribution < 1.29 is 9.59 Å². The fourth-order valence-electron chi connectivity index (χ4n) is 3.82. The molecule has 1 unspecified atom stereocenters. The molecule has 1 atom stereocenters. The van der Waals surface area contributed by atoms with Crippen LogP contribution in [-0.2, 0) is 10.2 Å². The number of amides is 2. The maximum absolute atomic E-state index is 13.2. The van der Waals surface area contributed by atoms with Crippen LogP contribution in [0.3, 0.4) is 0 Å². The highest BCUT2D eigenvalue weighted by molar-refractivity contribution is 7.10. The molecule has 2 amide bonds. The second-order valence-electron chi connectivity index (χ2n) is 8.67. The topological polar surface area (TPSA) is 58.2 Å². The first-order chi connectivity index (χ1) is 15.3. The zero-order chi connectivity index (χ0) is 23.1. The van der Waals surface area contributed by atoms with E-state index in [0.717, 1.165) is 16.9 Å². The van der Waals surface area contributed by atoms with Gasteiger partial charge in [-0.25, -0.2) is 0 Å². The third-order valence-electron chi connectivity index (χ3n) is 5.46. The summed E-state index contributed by atoms with van der Waals surface area (Å²) in [4.78, 5) is 26.9. The smallest absolute Gasteiger partial charge is 0.268 e. The number of carbonyl (C=O) groups excluding carboxylic acids is 2. The number of carbonyl (C=O) groups is 2. The molecular weight excluding hydrogens is 416 g/mol. The van der Waals surface area contributed by atoms with Gasteiger partial charge in [-0.1, -0.05) is 68.4 Å². The average molecular weight is 447 g/mol. The Hall–Kier alpha value is -3.18. The van der Waals surface area contributed by atoms with Crippen molar-refractivity contribution in [3.63, 3.8) is 0 Å². The van der Waals surface area contributed by atoms with Crippen molar-refractivity contribution in [3.8, 4) is 0 Å². The lowest BCUT2D eigenvalue weighted by molar-refractivity contribution is -0.118. The number of thiophene rings is 1. The number of benzene rings is 2. The fraction of sp³-hybridized carbons (Fsp3) is 0.259. The van der Waals surface area contributed by atoms with E-state index in [0.29, 0.717) is 5.56 Å². The van der Waals surface area contributed by atoms with Crippen LogP contribution in [0.5, 0.6) is 0 Å². The lowest BCUT2D eigenvalue weighted by Crippen LogP contribution is -2.41. The summed E-state index contributed by atoms with van der Waals surface area (Å²) in [6.07, 6.45) is 2.49. The van der Waals surface area contributed by atoms with E-state index in [2.05, 4.69) is 36.6 Å². The molecule has 3 aromatic rings. The number of aryl methyl sites for hydroxylation is 1. The van der Waals surface area contributed by atoms with Gasteiger partial charge in [-0.3, -0.25) is 9.59 Å². The minimum atomic E-state index is -0.295. The summed E-state index contributed by atoms with van der Waals surface area (Å²) >= 11 is 1.51. The van der Waals surface area contributed by atoms with Crippen molar-refractivity contribution in [1.82, 2.24) is 10.6 Å². The first-order valence-electron chi connectivity index (χ1n) is 10.7. The summed E-state index contributed by atoms with van der Waals surface area (Å²) in [5, 5.41) is 7.84. The van der Waals surface area contributed by atoms with Gasteiger partial charge in [0.1, 0.15) is 5.70 Å². The van der Waals surface area contributed by atoms with Crippen molar-refractivity contribution in [3.05, 3.63) is 99.4 Å². The standard InChI is InChI=1S/C27H30N2O2S/c1-19-11-8-9-15-23(19)25(30)29-24(17-22-14-10-16-32-22)26(31)28-20(2)18-27(3,4)21-12-6-5-7-13-21/h5-17,20H,18H2,1-4H3,(H,28,31)(H,29,30)/b24-17-. The molecule has 5 heteroatoms. The molecule has 0 bridgehead atoms. The molecule has 0 fully saturated rings. The van der Waals surface area contributed by atoms with Gasteiger partial charge in [0.05, 0.1) is 0 Å². The molecule has 0 saturated carbocycles. The molecule has 166 valence electrons. The lowest BCUT2D eigenvalue weighted by Gasteiger charge is -2.29. The van der Waals surface area contributed by atoms with Crippen LogP contribution in [-0.4, -0.2) is 17.9 Å². The van der Waals surface area contributed by atoms with Crippen LogP contribution in [0.4, 0.5) is 0 Å². The van der Waals surface area contributed by atoms with Gasteiger partial charge in [0.2, 0.25) is 0 Å². The minimum Gasteiger partial charge on any atom is -0.348 e. The third-order valence-corrected chi connectivity index (χ3v) is 6.28. The van der Waals surface area contributed by atoms with E-state index in [9.17, 15) is 9.59 Å². The Morgan fingerprint density at radius 1 is 1.00 bits per heavy atom. The molecule has 3 rings (SSSR count). The van der Waals surface area contributed by atoms with Gasteiger partial charge in [-0.15, -0.1) is 11.3 Å². The molecule has 0 spiro atoms. The van der Waals surface area contributed by atoms with Gasteiger partial charge in [-0.2, -0.15) is 0 Å². The van der Waals surface area contributed by atoms with Gasteiger partial charge in [0, 0.05) is 16.5 Å². The van der Waals surface area contributed by atoms with E-state index in [1.165, 1.54) is 16.9 Å². The predicted molar refractivity (Wildman–Crippen MR) is 133 cm³/mol. The number of hydrogen-bond donors (Lipinski definition) is 2. The van der Waals surface area contributed by atoms with Crippen LogP contribution >= 0.6 is 11.3 Å². The summed E-state index contributed by atoms with van der Waals surface area (Å²) in [5.74, 6) is -0.588. The molecular formula is C27H30N2O2S. The van der Waals surface area contributed by atoms with E-state index in [1.54, 1.807) is 12.1 Å². The van der Waals surface area contributed by atoms with E-state index in [1.807, 2.05) is 67.8 Å². The predicted octanol–water partition coefficient (Wildman–Crippen LogP) is 5.70. The van der Waals surface area contributed by atoms with Gasteiger partial charge in [-0.05, 0) is 60.4 Å².